The molecule has 0 radical (unpaired) electrons. The van der Waals surface area contributed by atoms with Gasteiger partial charge in [0.15, 0.2) is 16.7 Å². The van der Waals surface area contributed by atoms with E-state index in [0.717, 1.165) is 28.3 Å². The molecule has 0 heterocycles. The van der Waals surface area contributed by atoms with Crippen LogP contribution in [0.1, 0.15) is 38.8 Å². The van der Waals surface area contributed by atoms with E-state index in [1.54, 1.807) is 12.1 Å². The van der Waals surface area contributed by atoms with Crippen molar-refractivity contribution in [2.75, 3.05) is 16.4 Å². The van der Waals surface area contributed by atoms with Crippen molar-refractivity contribution in [1.82, 2.24) is 0 Å². The summed E-state index contributed by atoms with van der Waals surface area (Å²) in [7, 11) is 0. The van der Waals surface area contributed by atoms with Gasteiger partial charge in [-0.2, -0.15) is 0 Å². The average Bonchev–Trinajstić information content (AvgIpc) is 3.25. The number of fused-ring (bicyclic) bond motifs is 3. The zero-order valence-electron chi connectivity index (χ0n) is 19.7. The first-order chi connectivity index (χ1) is 17.5. The number of carbonyl (C=O) groups is 2. The Bertz CT molecular complexity index is 1480. The summed E-state index contributed by atoms with van der Waals surface area (Å²) in [5, 5.41) is 6.75. The van der Waals surface area contributed by atoms with Crippen LogP contribution >= 0.6 is 24.0 Å². The fourth-order valence-corrected chi connectivity index (χ4v) is 5.38. The molecule has 1 aliphatic rings. The van der Waals surface area contributed by atoms with Crippen LogP contribution in [-0.4, -0.2) is 22.4 Å². The molecule has 0 saturated heterocycles. The van der Waals surface area contributed by atoms with Gasteiger partial charge >= 0.3 is 0 Å². The second kappa shape index (κ2) is 10.5. The lowest BCUT2D eigenvalue weighted by molar-refractivity contribution is 0.101. The first kappa shape index (κ1) is 24.0. The number of ketones is 2. The van der Waals surface area contributed by atoms with Crippen LogP contribution in [0, 0.1) is 0 Å². The first-order valence-corrected chi connectivity index (χ1v) is 13.0. The maximum Gasteiger partial charge on any atom is 0.175 e. The Labute approximate surface area is 220 Å². The Balaban J connectivity index is 1.18. The van der Waals surface area contributed by atoms with Crippen molar-refractivity contribution in [2.24, 2.45) is 0 Å². The van der Waals surface area contributed by atoms with Gasteiger partial charge in [0.25, 0.3) is 0 Å². The number of hydrogen-bond acceptors (Lipinski definition) is 4. The molecule has 1 aliphatic carbocycles. The predicted molar refractivity (Wildman–Crippen MR) is 152 cm³/mol. The summed E-state index contributed by atoms with van der Waals surface area (Å²) in [5.74, 6) is 0.500. The van der Waals surface area contributed by atoms with E-state index in [2.05, 4.69) is 41.0 Å². The number of hydrogen-bond donors (Lipinski definition) is 2. The van der Waals surface area contributed by atoms with Crippen molar-refractivity contribution in [1.29, 1.82) is 0 Å². The molecule has 0 fully saturated rings. The zero-order valence-corrected chi connectivity index (χ0v) is 21.3. The Kier molecular flexibility index (Phi) is 6.98. The van der Waals surface area contributed by atoms with Crippen LogP contribution < -0.4 is 10.6 Å². The van der Waals surface area contributed by atoms with Gasteiger partial charge in [-0.15, -0.1) is 11.8 Å². The minimum Gasteiger partial charge on any atom is -0.332 e. The smallest absolute Gasteiger partial charge is 0.175 e. The maximum absolute atomic E-state index is 12.9. The Morgan fingerprint density at radius 1 is 0.778 bits per heavy atom. The van der Waals surface area contributed by atoms with E-state index in [-0.39, 0.29) is 11.6 Å². The number of rotatable bonds is 7. The Morgan fingerprint density at radius 2 is 1.50 bits per heavy atom. The van der Waals surface area contributed by atoms with Crippen LogP contribution in [-0.2, 0) is 6.42 Å². The van der Waals surface area contributed by atoms with Crippen LogP contribution in [0.4, 0.5) is 11.4 Å². The largest absolute Gasteiger partial charge is 0.332 e. The van der Waals surface area contributed by atoms with E-state index >= 15 is 0 Å². The Hall–Kier alpha value is -3.74. The van der Waals surface area contributed by atoms with Crippen LogP contribution in [0.2, 0.25) is 0 Å². The molecular weight excluding hydrogens is 484 g/mol. The average molecular weight is 509 g/mol. The van der Waals surface area contributed by atoms with Crippen molar-refractivity contribution < 1.29 is 9.59 Å². The summed E-state index contributed by atoms with van der Waals surface area (Å²) >= 11 is 6.94. The molecule has 0 atom stereocenters. The predicted octanol–water partition coefficient (Wildman–Crippen LogP) is 7.24. The van der Waals surface area contributed by atoms with Gasteiger partial charge in [0, 0.05) is 27.4 Å². The molecule has 178 valence electrons. The van der Waals surface area contributed by atoms with Crippen molar-refractivity contribution >= 4 is 52.0 Å². The molecule has 2 N–H and O–H groups in total. The normalized spacial score (nSPS) is 11.4. The molecule has 36 heavy (non-hydrogen) atoms. The number of thioether (sulfide) groups is 1. The molecule has 4 nitrogen and oxygen atoms in total. The zero-order chi connectivity index (χ0) is 25.1. The number of carbonyl (C=O) groups excluding carboxylic acids is 2. The molecule has 0 aliphatic heterocycles. The SMILES string of the molecule is CC(=O)c1ccc(NC(=S)Nc2cccc(SCC(=O)c3ccc4c(c3)Cc3ccccc3-4)c2)cc1. The molecule has 6 heteroatoms. The lowest BCUT2D eigenvalue weighted by Crippen LogP contribution is -2.19. The second-order valence-corrected chi connectivity index (χ2v) is 10.1. The van der Waals surface area contributed by atoms with E-state index in [1.807, 2.05) is 48.5 Å². The minimum atomic E-state index is 0.0248. The van der Waals surface area contributed by atoms with Crippen molar-refractivity contribution in [3.63, 3.8) is 0 Å². The van der Waals surface area contributed by atoms with E-state index in [9.17, 15) is 9.59 Å². The third-order valence-corrected chi connectivity index (χ3v) is 7.32. The van der Waals surface area contributed by atoms with E-state index in [4.69, 9.17) is 12.2 Å². The van der Waals surface area contributed by atoms with Crippen LogP contribution in [0.25, 0.3) is 11.1 Å². The topological polar surface area (TPSA) is 58.2 Å². The molecule has 0 aromatic heterocycles. The molecule has 0 amide bonds. The standard InChI is InChI=1S/C30H24N2O2S2/c1-19(33)20-9-12-24(13-10-20)31-30(35)32-25-6-4-7-26(17-25)36-18-29(34)22-11-14-28-23(16-22)15-21-5-2-3-8-27(21)28/h2-14,16-17H,15,18H2,1H3,(H2,31,32,35). The second-order valence-electron chi connectivity index (χ2n) is 8.66. The van der Waals surface area contributed by atoms with Crippen LogP contribution in [0.15, 0.2) is 95.9 Å². The highest BCUT2D eigenvalue weighted by Crippen LogP contribution is 2.37. The van der Waals surface area contributed by atoms with Gasteiger partial charge in [-0.3, -0.25) is 9.59 Å². The molecule has 4 aromatic carbocycles. The molecular formula is C30H24N2O2S2. The first-order valence-electron chi connectivity index (χ1n) is 11.6. The summed E-state index contributed by atoms with van der Waals surface area (Å²) in [5.41, 5.74) is 8.07. The van der Waals surface area contributed by atoms with Crippen LogP contribution in [0.3, 0.4) is 0 Å². The summed E-state index contributed by atoms with van der Waals surface area (Å²) < 4.78 is 0. The van der Waals surface area contributed by atoms with Gasteiger partial charge < -0.3 is 10.6 Å². The van der Waals surface area contributed by atoms with Gasteiger partial charge in [-0.05, 0) is 96.3 Å². The van der Waals surface area contributed by atoms with E-state index < -0.39 is 0 Å². The lowest BCUT2D eigenvalue weighted by atomic mass is 10.0. The molecule has 0 spiro atoms. The van der Waals surface area contributed by atoms with Gasteiger partial charge in [0.1, 0.15) is 0 Å². The van der Waals surface area contributed by atoms with Gasteiger partial charge in [-0.25, -0.2) is 0 Å². The number of anilines is 2. The quantitative estimate of drug-likeness (QED) is 0.137. The van der Waals surface area contributed by atoms with Gasteiger partial charge in [0.2, 0.25) is 0 Å². The highest BCUT2D eigenvalue weighted by molar-refractivity contribution is 8.00. The summed E-state index contributed by atoms with van der Waals surface area (Å²) in [4.78, 5) is 25.3. The summed E-state index contributed by atoms with van der Waals surface area (Å²) in [6, 6.07) is 29.5. The highest BCUT2D eigenvalue weighted by atomic mass is 32.2. The number of nitrogens with one attached hydrogen (secondary N) is 2. The number of Topliss-reactive ketones (excluding diaryl/α,β-unsaturated/α-hetero) is 2. The minimum absolute atomic E-state index is 0.0248. The van der Waals surface area contributed by atoms with Gasteiger partial charge in [0.05, 0.1) is 5.75 Å². The van der Waals surface area contributed by atoms with Crippen LogP contribution in [0.5, 0.6) is 0 Å². The van der Waals surface area contributed by atoms with E-state index in [0.29, 0.717) is 16.4 Å². The number of benzene rings is 4. The van der Waals surface area contributed by atoms with Crippen molar-refractivity contribution in [2.45, 2.75) is 18.2 Å². The fraction of sp³-hybridized carbons (Fsp3) is 0.100. The highest BCUT2D eigenvalue weighted by Gasteiger charge is 2.19. The summed E-state index contributed by atoms with van der Waals surface area (Å²) in [6.07, 6.45) is 0.877. The molecule has 4 aromatic rings. The van der Waals surface area contributed by atoms with Crippen molar-refractivity contribution in [3.05, 3.63) is 113 Å². The number of thiocarbonyl (C=S) groups is 1. The Morgan fingerprint density at radius 3 is 2.31 bits per heavy atom. The van der Waals surface area contributed by atoms with Crippen molar-refractivity contribution in [3.8, 4) is 11.1 Å². The molecule has 0 bridgehead atoms. The molecule has 5 rings (SSSR count). The van der Waals surface area contributed by atoms with E-state index in [1.165, 1.54) is 40.9 Å². The fourth-order valence-electron chi connectivity index (χ4n) is 4.30. The molecule has 0 saturated carbocycles. The van der Waals surface area contributed by atoms with Gasteiger partial charge in [-0.1, -0.05) is 42.5 Å². The monoisotopic (exact) mass is 508 g/mol. The summed E-state index contributed by atoms with van der Waals surface area (Å²) in [6.45, 7) is 1.54. The molecule has 0 unspecified atom stereocenters. The third kappa shape index (κ3) is 5.40. The lowest BCUT2D eigenvalue weighted by Gasteiger charge is -2.12. The maximum atomic E-state index is 12.9. The third-order valence-electron chi connectivity index (χ3n) is 6.13.